The van der Waals surface area contributed by atoms with Crippen LogP contribution in [0.5, 0.6) is 0 Å². The average Bonchev–Trinajstić information content (AvgIpc) is 3.09. The molecule has 0 amide bonds. The number of rotatable bonds is 14. The van der Waals surface area contributed by atoms with E-state index in [9.17, 15) is 4.79 Å². The van der Waals surface area contributed by atoms with Crippen molar-refractivity contribution < 1.29 is 33.2 Å². The zero-order valence-corrected chi connectivity index (χ0v) is 24.8. The molecular formula is C36H39NO7. The van der Waals surface area contributed by atoms with Crippen LogP contribution in [0.2, 0.25) is 0 Å². The molecule has 1 heterocycles. The van der Waals surface area contributed by atoms with Gasteiger partial charge in [-0.1, -0.05) is 121 Å². The minimum absolute atomic E-state index is 0.0834. The highest BCUT2D eigenvalue weighted by atomic mass is 16.7. The van der Waals surface area contributed by atoms with Crippen molar-refractivity contribution in [2.75, 3.05) is 7.11 Å². The SMILES string of the molecule is CO[C@H]1O[C@H]([C@H](N)C(=O)OCc2ccccc2)[C@@H](OCc2ccccc2)[C@H](OCc2ccccc2)[C@H]1OCc1ccccc1. The predicted octanol–water partition coefficient (Wildman–Crippen LogP) is 5.18. The molecular weight excluding hydrogens is 558 g/mol. The van der Waals surface area contributed by atoms with E-state index in [1.54, 1.807) is 0 Å². The van der Waals surface area contributed by atoms with E-state index < -0.39 is 42.7 Å². The highest BCUT2D eigenvalue weighted by Gasteiger charge is 2.52. The molecule has 230 valence electrons. The Morgan fingerprint density at radius 2 is 1.00 bits per heavy atom. The van der Waals surface area contributed by atoms with Gasteiger partial charge in [-0.3, -0.25) is 4.79 Å². The molecule has 1 aliphatic rings. The summed E-state index contributed by atoms with van der Waals surface area (Å²) in [6, 6.07) is 37.6. The van der Waals surface area contributed by atoms with Gasteiger partial charge in [0.15, 0.2) is 6.29 Å². The van der Waals surface area contributed by atoms with Crippen molar-refractivity contribution in [3.05, 3.63) is 144 Å². The van der Waals surface area contributed by atoms with Crippen molar-refractivity contribution in [2.24, 2.45) is 5.73 Å². The molecule has 6 atom stereocenters. The van der Waals surface area contributed by atoms with E-state index in [2.05, 4.69) is 0 Å². The summed E-state index contributed by atoms with van der Waals surface area (Å²) in [5.74, 6) is -0.618. The molecule has 0 bridgehead atoms. The zero-order valence-electron chi connectivity index (χ0n) is 24.8. The Bertz CT molecular complexity index is 1390. The van der Waals surface area contributed by atoms with Crippen LogP contribution in [0, 0.1) is 0 Å². The van der Waals surface area contributed by atoms with Crippen LogP contribution in [0.1, 0.15) is 22.3 Å². The fraction of sp³-hybridized carbons (Fsp3) is 0.306. The largest absolute Gasteiger partial charge is 0.460 e. The Kier molecular flexibility index (Phi) is 11.7. The van der Waals surface area contributed by atoms with Crippen molar-refractivity contribution in [3.8, 4) is 0 Å². The molecule has 0 aliphatic carbocycles. The first-order valence-corrected chi connectivity index (χ1v) is 14.7. The standard InChI is InChI=1S/C36H39NO7/c1-39-36-34(42-24-28-18-10-4-11-19-28)33(41-23-27-16-8-3-9-17-27)32(40-22-26-14-6-2-7-15-26)31(44-36)30(37)35(38)43-25-29-20-12-5-13-21-29/h2-21,30-34,36H,22-25,37H2,1H3/t30-,31+,32+,33-,34+,36-/m0/s1. The van der Waals surface area contributed by atoms with Gasteiger partial charge in [-0.2, -0.15) is 0 Å². The van der Waals surface area contributed by atoms with Crippen LogP contribution in [-0.4, -0.2) is 49.8 Å². The molecule has 0 spiro atoms. The summed E-state index contributed by atoms with van der Waals surface area (Å²) in [5, 5.41) is 0. The molecule has 44 heavy (non-hydrogen) atoms. The van der Waals surface area contributed by atoms with Crippen molar-refractivity contribution in [1.82, 2.24) is 0 Å². The maximum atomic E-state index is 13.3. The number of esters is 1. The number of hydrogen-bond donors (Lipinski definition) is 1. The molecule has 0 unspecified atom stereocenters. The van der Waals surface area contributed by atoms with E-state index >= 15 is 0 Å². The van der Waals surface area contributed by atoms with Gasteiger partial charge in [0.05, 0.1) is 19.8 Å². The molecule has 4 aromatic rings. The molecule has 0 aromatic heterocycles. The number of hydrogen-bond acceptors (Lipinski definition) is 8. The second kappa shape index (κ2) is 16.3. The summed E-state index contributed by atoms with van der Waals surface area (Å²) < 4.78 is 37.3. The van der Waals surface area contributed by atoms with Gasteiger partial charge in [0, 0.05) is 7.11 Å². The molecule has 4 aromatic carbocycles. The third kappa shape index (κ3) is 8.60. The smallest absolute Gasteiger partial charge is 0.326 e. The summed E-state index contributed by atoms with van der Waals surface area (Å²) in [5.41, 5.74) is 10.3. The Morgan fingerprint density at radius 3 is 1.43 bits per heavy atom. The van der Waals surface area contributed by atoms with Gasteiger partial charge in [0.1, 0.15) is 37.1 Å². The molecule has 0 radical (unpaired) electrons. The van der Waals surface area contributed by atoms with Gasteiger partial charge < -0.3 is 34.2 Å². The maximum absolute atomic E-state index is 13.3. The fourth-order valence-corrected chi connectivity index (χ4v) is 5.13. The maximum Gasteiger partial charge on any atom is 0.326 e. The number of nitrogens with two attached hydrogens (primary N) is 1. The van der Waals surface area contributed by atoms with Crippen LogP contribution in [-0.2, 0) is 59.6 Å². The van der Waals surface area contributed by atoms with Gasteiger partial charge in [-0.05, 0) is 22.3 Å². The molecule has 5 rings (SSSR count). The number of benzene rings is 4. The number of ether oxygens (including phenoxy) is 6. The first-order chi connectivity index (χ1) is 21.6. The van der Waals surface area contributed by atoms with Crippen molar-refractivity contribution in [2.45, 2.75) is 63.2 Å². The van der Waals surface area contributed by atoms with E-state index in [1.807, 2.05) is 121 Å². The van der Waals surface area contributed by atoms with E-state index in [4.69, 9.17) is 34.2 Å². The van der Waals surface area contributed by atoms with Crippen LogP contribution in [0.15, 0.2) is 121 Å². The number of methoxy groups -OCH3 is 1. The first kappa shape index (κ1) is 31.5. The van der Waals surface area contributed by atoms with Gasteiger partial charge in [-0.15, -0.1) is 0 Å². The minimum Gasteiger partial charge on any atom is -0.460 e. The van der Waals surface area contributed by atoms with Gasteiger partial charge in [0.2, 0.25) is 0 Å². The average molecular weight is 598 g/mol. The fourth-order valence-electron chi connectivity index (χ4n) is 5.13. The third-order valence-corrected chi connectivity index (χ3v) is 7.47. The quantitative estimate of drug-likeness (QED) is 0.199. The monoisotopic (exact) mass is 597 g/mol. The lowest BCUT2D eigenvalue weighted by Gasteiger charge is -2.46. The van der Waals surface area contributed by atoms with Crippen LogP contribution in [0.3, 0.4) is 0 Å². The highest BCUT2D eigenvalue weighted by Crippen LogP contribution is 2.32. The second-order valence-corrected chi connectivity index (χ2v) is 10.6. The molecule has 2 N–H and O–H groups in total. The molecule has 8 nitrogen and oxygen atoms in total. The Morgan fingerprint density at radius 1 is 0.614 bits per heavy atom. The summed E-state index contributed by atoms with van der Waals surface area (Å²) in [7, 11) is 1.53. The zero-order chi connectivity index (χ0) is 30.6. The summed E-state index contributed by atoms with van der Waals surface area (Å²) >= 11 is 0. The van der Waals surface area contributed by atoms with Gasteiger partial charge >= 0.3 is 5.97 Å². The molecule has 1 fully saturated rings. The number of carbonyl (C=O) groups is 1. The van der Waals surface area contributed by atoms with Crippen molar-refractivity contribution in [3.63, 3.8) is 0 Å². The first-order valence-electron chi connectivity index (χ1n) is 14.7. The lowest BCUT2D eigenvalue weighted by atomic mass is 9.93. The summed E-state index contributed by atoms with van der Waals surface area (Å²) in [4.78, 5) is 13.3. The molecule has 8 heteroatoms. The minimum atomic E-state index is -1.19. The van der Waals surface area contributed by atoms with Crippen LogP contribution >= 0.6 is 0 Å². The van der Waals surface area contributed by atoms with Crippen molar-refractivity contribution >= 4 is 5.97 Å². The predicted molar refractivity (Wildman–Crippen MR) is 165 cm³/mol. The third-order valence-electron chi connectivity index (χ3n) is 7.47. The van der Waals surface area contributed by atoms with Crippen molar-refractivity contribution in [1.29, 1.82) is 0 Å². The topological polar surface area (TPSA) is 98.5 Å². The van der Waals surface area contributed by atoms with E-state index in [0.29, 0.717) is 6.61 Å². The van der Waals surface area contributed by atoms with Gasteiger partial charge in [0.25, 0.3) is 0 Å². The van der Waals surface area contributed by atoms with E-state index in [0.717, 1.165) is 22.3 Å². The molecule has 1 saturated heterocycles. The number of carbonyl (C=O) groups excluding carboxylic acids is 1. The van der Waals surface area contributed by atoms with Gasteiger partial charge in [-0.25, -0.2) is 0 Å². The van der Waals surface area contributed by atoms with Crippen LogP contribution < -0.4 is 5.73 Å². The molecule has 0 saturated carbocycles. The molecule has 1 aliphatic heterocycles. The Balaban J connectivity index is 1.42. The second-order valence-electron chi connectivity index (χ2n) is 10.6. The normalized spacial score (nSPS) is 22.3. The highest BCUT2D eigenvalue weighted by molar-refractivity contribution is 5.76. The lowest BCUT2D eigenvalue weighted by molar-refractivity contribution is -0.320. The summed E-state index contributed by atoms with van der Waals surface area (Å²) in [6.07, 6.45) is -4.06. The van der Waals surface area contributed by atoms with E-state index in [1.165, 1.54) is 7.11 Å². The van der Waals surface area contributed by atoms with E-state index in [-0.39, 0.29) is 19.8 Å². The summed E-state index contributed by atoms with van der Waals surface area (Å²) in [6.45, 7) is 0.894. The Hall–Kier alpha value is -3.89. The lowest BCUT2D eigenvalue weighted by Crippen LogP contribution is -2.66. The van der Waals surface area contributed by atoms with Crippen LogP contribution in [0.4, 0.5) is 0 Å². The Labute approximate surface area is 258 Å². The van der Waals surface area contributed by atoms with Crippen LogP contribution in [0.25, 0.3) is 0 Å².